The lowest BCUT2D eigenvalue weighted by Gasteiger charge is -2.28. The minimum Gasteiger partial charge on any atom is -0.444 e. The van der Waals surface area contributed by atoms with E-state index < -0.39 is 5.60 Å². The number of carbonyl (C=O) groups is 1. The van der Waals surface area contributed by atoms with Gasteiger partial charge in [-0.3, -0.25) is 0 Å². The standard InChI is InChI=1S/C22H28ClNO2.C2H6/c1-22(2,3)26-21(25)24(17-18-11-6-4-7-12-18)16-10-15-20(23)19-13-8-5-9-14-19;1-2/h4-9,11-14,20H,10,15-17H2,1-3H3;1-2H3. The van der Waals surface area contributed by atoms with Gasteiger partial charge in [-0.05, 0) is 44.7 Å². The van der Waals surface area contributed by atoms with E-state index in [9.17, 15) is 4.79 Å². The van der Waals surface area contributed by atoms with Crippen molar-refractivity contribution in [3.63, 3.8) is 0 Å². The van der Waals surface area contributed by atoms with Crippen molar-refractivity contribution < 1.29 is 9.53 Å². The van der Waals surface area contributed by atoms with Crippen molar-refractivity contribution >= 4 is 17.7 Å². The highest BCUT2D eigenvalue weighted by atomic mass is 35.5. The number of hydrogen-bond acceptors (Lipinski definition) is 2. The predicted molar refractivity (Wildman–Crippen MR) is 119 cm³/mol. The van der Waals surface area contributed by atoms with E-state index in [0.29, 0.717) is 13.1 Å². The van der Waals surface area contributed by atoms with Crippen molar-refractivity contribution in [1.29, 1.82) is 0 Å². The average Bonchev–Trinajstić information content (AvgIpc) is 2.69. The molecule has 1 amide bonds. The molecule has 0 spiro atoms. The van der Waals surface area contributed by atoms with E-state index in [1.807, 2.05) is 95.3 Å². The van der Waals surface area contributed by atoms with E-state index in [-0.39, 0.29) is 11.5 Å². The van der Waals surface area contributed by atoms with Gasteiger partial charge in [-0.1, -0.05) is 74.5 Å². The lowest BCUT2D eigenvalue weighted by molar-refractivity contribution is 0.0230. The molecule has 1 atom stereocenters. The highest BCUT2D eigenvalue weighted by molar-refractivity contribution is 6.20. The van der Waals surface area contributed by atoms with Crippen LogP contribution in [0.4, 0.5) is 4.79 Å². The molecular weight excluding hydrogens is 370 g/mol. The molecule has 0 fully saturated rings. The first kappa shape index (κ1) is 24.0. The molecule has 0 aliphatic rings. The molecule has 28 heavy (non-hydrogen) atoms. The molecule has 0 aliphatic heterocycles. The second-order valence-corrected chi connectivity index (χ2v) is 7.93. The molecule has 0 N–H and O–H groups in total. The summed E-state index contributed by atoms with van der Waals surface area (Å²) in [6, 6.07) is 20.0. The van der Waals surface area contributed by atoms with E-state index in [1.54, 1.807) is 4.90 Å². The van der Waals surface area contributed by atoms with Crippen LogP contribution in [-0.2, 0) is 11.3 Å². The largest absolute Gasteiger partial charge is 0.444 e. The van der Waals surface area contributed by atoms with Gasteiger partial charge in [-0.15, -0.1) is 11.6 Å². The summed E-state index contributed by atoms with van der Waals surface area (Å²) in [5.74, 6) is 0. The summed E-state index contributed by atoms with van der Waals surface area (Å²) in [6.45, 7) is 10.8. The summed E-state index contributed by atoms with van der Waals surface area (Å²) in [5.41, 5.74) is 1.69. The first-order chi connectivity index (χ1) is 13.3. The summed E-state index contributed by atoms with van der Waals surface area (Å²) in [5, 5.41) is -0.0478. The highest BCUT2D eigenvalue weighted by Gasteiger charge is 2.22. The fraction of sp³-hybridized carbons (Fsp3) is 0.458. The number of rotatable bonds is 7. The Kier molecular flexibility index (Phi) is 10.7. The van der Waals surface area contributed by atoms with Crippen molar-refractivity contribution in [2.75, 3.05) is 6.54 Å². The Morgan fingerprint density at radius 1 is 1.00 bits per heavy atom. The Balaban J connectivity index is 0.00000190. The molecule has 3 nitrogen and oxygen atoms in total. The van der Waals surface area contributed by atoms with Gasteiger partial charge in [0.25, 0.3) is 0 Å². The maximum Gasteiger partial charge on any atom is 0.410 e. The van der Waals surface area contributed by atoms with Gasteiger partial charge in [0.15, 0.2) is 0 Å². The van der Waals surface area contributed by atoms with Crippen LogP contribution < -0.4 is 0 Å². The third-order valence-corrected chi connectivity index (χ3v) is 4.39. The molecule has 0 aromatic heterocycles. The maximum atomic E-state index is 12.6. The second-order valence-electron chi connectivity index (χ2n) is 7.41. The molecule has 0 bridgehead atoms. The first-order valence-electron chi connectivity index (χ1n) is 10.1. The molecule has 0 saturated heterocycles. The number of nitrogens with zero attached hydrogens (tertiary/aromatic N) is 1. The quantitative estimate of drug-likeness (QED) is 0.457. The molecule has 2 aromatic carbocycles. The van der Waals surface area contributed by atoms with Gasteiger partial charge in [0.2, 0.25) is 0 Å². The Morgan fingerprint density at radius 3 is 2.07 bits per heavy atom. The van der Waals surface area contributed by atoms with E-state index in [4.69, 9.17) is 16.3 Å². The first-order valence-corrected chi connectivity index (χ1v) is 10.5. The van der Waals surface area contributed by atoms with Gasteiger partial charge in [0.1, 0.15) is 5.60 Å². The fourth-order valence-corrected chi connectivity index (χ4v) is 2.95. The molecule has 1 unspecified atom stereocenters. The topological polar surface area (TPSA) is 29.5 Å². The zero-order chi connectivity index (χ0) is 21.0. The van der Waals surface area contributed by atoms with Crippen molar-refractivity contribution in [3.05, 3.63) is 71.8 Å². The van der Waals surface area contributed by atoms with Crippen LogP contribution in [0.15, 0.2) is 60.7 Å². The third-order valence-electron chi connectivity index (χ3n) is 3.91. The zero-order valence-corrected chi connectivity index (χ0v) is 18.6. The van der Waals surface area contributed by atoms with E-state index in [0.717, 1.165) is 24.0 Å². The number of carbonyl (C=O) groups excluding carboxylic acids is 1. The van der Waals surface area contributed by atoms with Crippen molar-refractivity contribution in [2.24, 2.45) is 0 Å². The molecule has 4 heteroatoms. The summed E-state index contributed by atoms with van der Waals surface area (Å²) in [4.78, 5) is 14.3. The normalized spacial score (nSPS) is 11.8. The zero-order valence-electron chi connectivity index (χ0n) is 17.8. The molecule has 0 saturated carbocycles. The minimum atomic E-state index is -0.509. The van der Waals surface area contributed by atoms with Crippen molar-refractivity contribution in [2.45, 2.75) is 65.0 Å². The van der Waals surface area contributed by atoms with Gasteiger partial charge in [-0.25, -0.2) is 4.79 Å². The molecule has 0 aliphatic carbocycles. The van der Waals surface area contributed by atoms with Crippen molar-refractivity contribution in [3.8, 4) is 0 Å². The Bertz CT molecular complexity index is 668. The van der Waals surface area contributed by atoms with Crippen LogP contribution >= 0.6 is 11.6 Å². The van der Waals surface area contributed by atoms with Crippen LogP contribution in [0, 0.1) is 0 Å². The highest BCUT2D eigenvalue weighted by Crippen LogP contribution is 2.25. The van der Waals surface area contributed by atoms with Crippen LogP contribution in [0.1, 0.15) is 64.0 Å². The number of benzene rings is 2. The fourth-order valence-electron chi connectivity index (χ4n) is 2.66. The average molecular weight is 404 g/mol. The molecule has 0 heterocycles. The summed E-state index contributed by atoms with van der Waals surface area (Å²) >= 11 is 6.50. The summed E-state index contributed by atoms with van der Waals surface area (Å²) < 4.78 is 5.57. The van der Waals surface area contributed by atoms with E-state index in [1.165, 1.54) is 0 Å². The number of hydrogen-bond donors (Lipinski definition) is 0. The number of ether oxygens (including phenoxy) is 1. The summed E-state index contributed by atoms with van der Waals surface area (Å²) in [6.07, 6.45) is 1.33. The van der Waals surface area contributed by atoms with E-state index >= 15 is 0 Å². The Labute approximate surface area is 175 Å². The van der Waals surface area contributed by atoms with Crippen LogP contribution in [0.25, 0.3) is 0 Å². The maximum absolute atomic E-state index is 12.6. The lowest BCUT2D eigenvalue weighted by Crippen LogP contribution is -2.37. The van der Waals surface area contributed by atoms with Gasteiger partial charge in [0, 0.05) is 13.1 Å². The molecule has 2 rings (SSSR count). The predicted octanol–water partition coefficient (Wildman–Crippen LogP) is 7.21. The second kappa shape index (κ2) is 12.5. The van der Waals surface area contributed by atoms with Gasteiger partial charge < -0.3 is 9.64 Å². The van der Waals surface area contributed by atoms with Crippen LogP contribution in [-0.4, -0.2) is 23.1 Å². The lowest BCUT2D eigenvalue weighted by atomic mass is 10.1. The monoisotopic (exact) mass is 403 g/mol. The molecule has 2 aromatic rings. The third kappa shape index (κ3) is 9.27. The summed E-state index contributed by atoms with van der Waals surface area (Å²) in [7, 11) is 0. The van der Waals surface area contributed by atoms with E-state index in [2.05, 4.69) is 0 Å². The Morgan fingerprint density at radius 2 is 1.54 bits per heavy atom. The van der Waals surface area contributed by atoms with Gasteiger partial charge in [-0.2, -0.15) is 0 Å². The molecule has 0 radical (unpaired) electrons. The number of halogens is 1. The van der Waals surface area contributed by atoms with Crippen LogP contribution in [0.5, 0.6) is 0 Å². The number of amides is 1. The SMILES string of the molecule is CC.CC(C)(C)OC(=O)N(CCCC(Cl)c1ccccc1)Cc1ccccc1. The van der Waals surface area contributed by atoms with Crippen LogP contribution in [0.3, 0.4) is 0 Å². The van der Waals surface area contributed by atoms with Gasteiger partial charge in [0.05, 0.1) is 5.38 Å². The van der Waals surface area contributed by atoms with Gasteiger partial charge >= 0.3 is 6.09 Å². The molecular formula is C24H34ClNO2. The van der Waals surface area contributed by atoms with Crippen LogP contribution in [0.2, 0.25) is 0 Å². The number of alkyl halides is 1. The Hall–Kier alpha value is -2.00. The van der Waals surface area contributed by atoms with Crippen molar-refractivity contribution in [1.82, 2.24) is 4.90 Å². The smallest absolute Gasteiger partial charge is 0.410 e. The molecule has 154 valence electrons. The minimum absolute atomic E-state index is 0.0478.